The Morgan fingerprint density at radius 2 is 1.31 bits per heavy atom. The number of nitrogens with one attached hydrogen (secondary N) is 3. The molecule has 2 unspecified atom stereocenters. The molecule has 20 heteroatoms. The van der Waals surface area contributed by atoms with Crippen molar-refractivity contribution in [3.63, 3.8) is 0 Å². The van der Waals surface area contributed by atoms with Gasteiger partial charge in [-0.1, -0.05) is 75.2 Å². The number of hydrogen-bond acceptors (Lipinski definition) is 13. The predicted octanol–water partition coefficient (Wildman–Crippen LogP) is 7.24. The predicted molar refractivity (Wildman–Crippen MR) is 236 cm³/mol. The summed E-state index contributed by atoms with van der Waals surface area (Å²) in [7, 11) is -5.83. The van der Waals surface area contributed by atoms with Gasteiger partial charge >= 0.3 is 5.69 Å². The first kappa shape index (κ1) is 44.5. The highest BCUT2D eigenvalue weighted by Gasteiger charge is 2.19. The first-order chi connectivity index (χ1) is 27.6. The van der Waals surface area contributed by atoms with E-state index in [1.807, 2.05) is 47.9 Å². The largest absolute Gasteiger partial charge is 0.382 e. The number of aromatic amines is 1. The van der Waals surface area contributed by atoms with Crippen LogP contribution in [0.5, 0.6) is 0 Å². The molecule has 0 aliphatic rings. The SMILES string of the molecule is CCCCNc1nc(N)c2[nH]c(=O)n(Cc3cccc(CP(C)(=O)O)c3)c2n1.CCCCNc1nc(N)c2nc(Br)n(Cc3cccc(CP(C)(=O)OCC)c3)c2n1. The molecule has 0 saturated heterocycles. The maximum absolute atomic E-state index is 12.5. The van der Waals surface area contributed by atoms with Gasteiger partial charge in [-0.3, -0.25) is 18.3 Å². The lowest BCUT2D eigenvalue weighted by atomic mass is 10.1. The molecule has 2 aromatic carbocycles. The molecule has 4 heterocycles. The fraction of sp³-hybridized carbons (Fsp3) is 0.421. The second-order valence-electron chi connectivity index (χ2n) is 14.2. The molecule has 0 aliphatic heterocycles. The summed E-state index contributed by atoms with van der Waals surface area (Å²) in [4.78, 5) is 46.9. The van der Waals surface area contributed by atoms with Crippen molar-refractivity contribution in [2.24, 2.45) is 0 Å². The monoisotopic (exact) mass is 898 g/mol. The summed E-state index contributed by atoms with van der Waals surface area (Å²) in [6.45, 7) is 11.8. The number of nitrogen functional groups attached to an aromatic ring is 2. The van der Waals surface area contributed by atoms with Crippen LogP contribution in [0.4, 0.5) is 23.5 Å². The van der Waals surface area contributed by atoms with Gasteiger partial charge in [0.1, 0.15) is 5.52 Å². The summed E-state index contributed by atoms with van der Waals surface area (Å²) in [5, 5.41) is 6.35. The van der Waals surface area contributed by atoms with Crippen LogP contribution in [-0.2, 0) is 39.1 Å². The lowest BCUT2D eigenvalue weighted by Gasteiger charge is -2.14. The molecular weight excluding hydrogens is 846 g/mol. The Hall–Kier alpha value is -4.60. The number of anilines is 4. The molecule has 8 N–H and O–H groups in total. The number of hydrogen-bond donors (Lipinski definition) is 6. The van der Waals surface area contributed by atoms with Gasteiger partial charge in [-0.15, -0.1) is 0 Å². The van der Waals surface area contributed by atoms with E-state index < -0.39 is 14.7 Å². The molecular formula is C38H53BrN12O5P2. The number of H-pyrrole nitrogens is 1. The summed E-state index contributed by atoms with van der Waals surface area (Å²) in [6.07, 6.45) is 4.61. The van der Waals surface area contributed by atoms with E-state index in [1.54, 1.807) is 18.8 Å². The lowest BCUT2D eigenvalue weighted by Crippen LogP contribution is -2.18. The molecule has 0 saturated carbocycles. The molecule has 6 rings (SSSR count). The van der Waals surface area contributed by atoms with Crippen molar-refractivity contribution in [2.45, 2.75) is 71.9 Å². The molecule has 17 nitrogen and oxygen atoms in total. The molecule has 2 atom stereocenters. The van der Waals surface area contributed by atoms with E-state index in [0.29, 0.717) is 64.1 Å². The number of aromatic nitrogens is 8. The molecule has 0 aliphatic carbocycles. The van der Waals surface area contributed by atoms with Gasteiger partial charge in [0.25, 0.3) is 0 Å². The Labute approximate surface area is 345 Å². The minimum atomic E-state index is -3.17. The average molecular weight is 900 g/mol. The van der Waals surface area contributed by atoms with Crippen molar-refractivity contribution in [1.82, 2.24) is 39.0 Å². The Morgan fingerprint density at radius 3 is 1.88 bits per heavy atom. The van der Waals surface area contributed by atoms with Crippen molar-refractivity contribution in [3.05, 3.63) is 86.0 Å². The first-order valence-corrected chi connectivity index (χ1v) is 24.5. The zero-order valence-corrected chi connectivity index (χ0v) is 36.9. The van der Waals surface area contributed by atoms with Crippen LogP contribution in [-0.4, -0.2) is 77.0 Å². The standard InChI is InChI=1S/C20H28BrN6O2P.C18H25N6O3P/c1-4-6-10-23-20-25-17(22)16-18(26-20)27(19(21)24-16)12-14-8-7-9-15(11-14)13-30(3,28)29-5-2;1-3-4-8-20-17-22-15(19)14-16(23-17)24(18(25)21-14)10-12-6-5-7-13(9-12)11-28(2,26)27/h7-9,11H,4-6,10,12-13H2,1-3H3,(H3,22,23,25,26);5-7,9H,3-4,8,10-11H2,1-2H3,(H,21,25)(H,26,27)(H3,19,20,22,23). The Kier molecular flexibility index (Phi) is 15.3. The van der Waals surface area contributed by atoms with Crippen LogP contribution in [0.3, 0.4) is 0 Å². The number of nitrogens with two attached hydrogens (primary N) is 2. The van der Waals surface area contributed by atoms with Crippen LogP contribution in [0.25, 0.3) is 22.3 Å². The van der Waals surface area contributed by atoms with Gasteiger partial charge in [0.05, 0.1) is 19.7 Å². The quantitative estimate of drug-likeness (QED) is 0.0283. The fourth-order valence-electron chi connectivity index (χ4n) is 6.25. The average Bonchev–Trinajstić information content (AvgIpc) is 3.63. The third-order valence-electron chi connectivity index (χ3n) is 8.86. The normalized spacial score (nSPS) is 13.5. The molecule has 6 aromatic rings. The second-order valence-corrected chi connectivity index (χ2v) is 19.9. The molecule has 4 aromatic heterocycles. The first-order valence-electron chi connectivity index (χ1n) is 19.2. The zero-order chi connectivity index (χ0) is 42.0. The van der Waals surface area contributed by atoms with Crippen molar-refractivity contribution >= 4 is 76.5 Å². The van der Waals surface area contributed by atoms with Crippen LogP contribution >= 0.6 is 30.7 Å². The fourth-order valence-corrected chi connectivity index (χ4v) is 9.10. The van der Waals surface area contributed by atoms with Crippen molar-refractivity contribution in [3.8, 4) is 0 Å². The lowest BCUT2D eigenvalue weighted by molar-refractivity contribution is 0.336. The van der Waals surface area contributed by atoms with Crippen molar-refractivity contribution in [2.75, 3.05) is 55.1 Å². The summed E-state index contributed by atoms with van der Waals surface area (Å²) >= 11 is 3.52. The molecule has 58 heavy (non-hydrogen) atoms. The Bertz CT molecular complexity index is 2500. The Morgan fingerprint density at radius 1 is 0.776 bits per heavy atom. The molecule has 0 fully saturated rings. The number of halogens is 1. The van der Waals surface area contributed by atoms with Crippen LogP contribution in [0.2, 0.25) is 0 Å². The van der Waals surface area contributed by atoms with E-state index in [-0.39, 0.29) is 24.2 Å². The van der Waals surface area contributed by atoms with Crippen LogP contribution < -0.4 is 27.8 Å². The highest BCUT2D eigenvalue weighted by atomic mass is 79.9. The summed E-state index contributed by atoms with van der Waals surface area (Å²) in [5.74, 6) is 1.43. The van der Waals surface area contributed by atoms with Gasteiger partial charge in [0, 0.05) is 38.7 Å². The van der Waals surface area contributed by atoms with Gasteiger partial charge < -0.3 is 36.5 Å². The highest BCUT2D eigenvalue weighted by molar-refractivity contribution is 9.10. The van der Waals surface area contributed by atoms with E-state index in [1.165, 1.54) is 11.2 Å². The second kappa shape index (κ2) is 19.9. The maximum atomic E-state index is 12.5. The minimum absolute atomic E-state index is 0.0875. The third-order valence-corrected chi connectivity index (χ3v) is 12.2. The smallest absolute Gasteiger partial charge is 0.328 e. The molecule has 0 bridgehead atoms. The van der Waals surface area contributed by atoms with Gasteiger partial charge in [-0.2, -0.15) is 19.9 Å². The number of benzene rings is 2. The van der Waals surface area contributed by atoms with E-state index >= 15 is 0 Å². The van der Waals surface area contributed by atoms with Gasteiger partial charge in [0.2, 0.25) is 26.6 Å². The van der Waals surface area contributed by atoms with E-state index in [4.69, 9.17) is 16.0 Å². The number of nitrogens with zero attached hydrogens (tertiary/aromatic N) is 7. The van der Waals surface area contributed by atoms with E-state index in [2.05, 4.69) is 70.3 Å². The Balaban J connectivity index is 0.000000221. The van der Waals surface area contributed by atoms with Gasteiger partial charge in [-0.25, -0.2) is 9.78 Å². The van der Waals surface area contributed by atoms with Gasteiger partial charge in [0.15, 0.2) is 33.2 Å². The van der Waals surface area contributed by atoms with E-state index in [0.717, 1.165) is 61.0 Å². The number of imidazole rings is 2. The summed E-state index contributed by atoms with van der Waals surface area (Å²) in [5.41, 5.74) is 17.4. The molecule has 0 amide bonds. The number of fused-ring (bicyclic) bond motifs is 2. The van der Waals surface area contributed by atoms with Crippen molar-refractivity contribution < 1.29 is 18.5 Å². The number of rotatable bonds is 18. The van der Waals surface area contributed by atoms with Gasteiger partial charge in [-0.05, 0) is 57.9 Å². The summed E-state index contributed by atoms with van der Waals surface area (Å²) in [6, 6.07) is 15.3. The highest BCUT2D eigenvalue weighted by Crippen LogP contribution is 2.46. The summed E-state index contributed by atoms with van der Waals surface area (Å²) < 4.78 is 33.7. The molecule has 0 radical (unpaired) electrons. The minimum Gasteiger partial charge on any atom is -0.382 e. The third kappa shape index (κ3) is 12.2. The van der Waals surface area contributed by atoms with Crippen LogP contribution in [0.15, 0.2) is 58.1 Å². The van der Waals surface area contributed by atoms with Crippen LogP contribution in [0, 0.1) is 0 Å². The zero-order valence-electron chi connectivity index (χ0n) is 33.5. The molecule has 0 spiro atoms. The van der Waals surface area contributed by atoms with E-state index in [9.17, 15) is 18.8 Å². The topological polar surface area (TPSA) is 247 Å². The van der Waals surface area contributed by atoms with Crippen molar-refractivity contribution in [1.29, 1.82) is 0 Å². The number of unbranched alkanes of at least 4 members (excludes halogenated alkanes) is 2. The van der Waals surface area contributed by atoms with Crippen LogP contribution in [0.1, 0.15) is 68.7 Å². The maximum Gasteiger partial charge on any atom is 0.328 e. The molecule has 312 valence electrons.